The van der Waals surface area contributed by atoms with E-state index in [-0.39, 0.29) is 0 Å². The smallest absolute Gasteiger partial charge is 0.185 e. The van der Waals surface area contributed by atoms with Crippen molar-refractivity contribution in [1.82, 2.24) is 9.78 Å². The molecule has 0 atom stereocenters. The fourth-order valence-corrected chi connectivity index (χ4v) is 2.69. The molecule has 2 heterocycles. The zero-order chi connectivity index (χ0) is 15.6. The number of furan rings is 1. The predicted octanol–water partition coefficient (Wildman–Crippen LogP) is 4.16. The standard InChI is InChI=1S/C19H14N2O2/c22-13-17-7-9-19(23-17)15-6-8-18-16(10-15)11-20-21(18)12-14-4-2-1-3-5-14/h1-11,13H,12H2. The van der Waals surface area contributed by atoms with Crippen LogP contribution in [0.15, 0.2) is 71.3 Å². The summed E-state index contributed by atoms with van der Waals surface area (Å²) in [5.41, 5.74) is 3.22. The second kappa shape index (κ2) is 5.57. The van der Waals surface area contributed by atoms with Crippen LogP contribution in [0.5, 0.6) is 0 Å². The van der Waals surface area contributed by atoms with Crippen LogP contribution in [-0.4, -0.2) is 16.1 Å². The van der Waals surface area contributed by atoms with Crippen molar-refractivity contribution in [2.45, 2.75) is 6.54 Å². The zero-order valence-electron chi connectivity index (χ0n) is 12.3. The van der Waals surface area contributed by atoms with Crippen molar-refractivity contribution in [2.24, 2.45) is 0 Å². The van der Waals surface area contributed by atoms with Gasteiger partial charge in [0.05, 0.1) is 18.3 Å². The van der Waals surface area contributed by atoms with E-state index in [9.17, 15) is 4.79 Å². The molecule has 4 heteroatoms. The molecular formula is C19H14N2O2. The molecule has 0 unspecified atom stereocenters. The Balaban J connectivity index is 1.70. The summed E-state index contributed by atoms with van der Waals surface area (Å²) in [4.78, 5) is 10.7. The summed E-state index contributed by atoms with van der Waals surface area (Å²) in [7, 11) is 0. The Morgan fingerprint density at radius 2 is 1.91 bits per heavy atom. The minimum atomic E-state index is 0.333. The Hall–Kier alpha value is -3.14. The molecule has 4 aromatic rings. The van der Waals surface area contributed by atoms with E-state index in [1.165, 1.54) is 5.56 Å². The number of benzene rings is 2. The number of carbonyl (C=O) groups is 1. The number of nitrogens with zero attached hydrogens (tertiary/aromatic N) is 2. The van der Waals surface area contributed by atoms with E-state index >= 15 is 0 Å². The molecule has 112 valence electrons. The lowest BCUT2D eigenvalue weighted by Gasteiger charge is -2.04. The molecule has 0 spiro atoms. The molecule has 4 nitrogen and oxygen atoms in total. The maximum absolute atomic E-state index is 10.7. The molecule has 0 amide bonds. The third kappa shape index (κ3) is 2.55. The van der Waals surface area contributed by atoms with E-state index in [0.717, 1.165) is 23.0 Å². The number of hydrogen-bond acceptors (Lipinski definition) is 3. The van der Waals surface area contributed by atoms with Gasteiger partial charge >= 0.3 is 0 Å². The maximum atomic E-state index is 10.7. The fraction of sp³-hybridized carbons (Fsp3) is 0.0526. The van der Waals surface area contributed by atoms with E-state index in [2.05, 4.69) is 17.2 Å². The van der Waals surface area contributed by atoms with E-state index < -0.39 is 0 Å². The van der Waals surface area contributed by atoms with Gasteiger partial charge in [0.1, 0.15) is 5.76 Å². The highest BCUT2D eigenvalue weighted by Gasteiger charge is 2.08. The van der Waals surface area contributed by atoms with Gasteiger partial charge in [-0.05, 0) is 35.9 Å². The van der Waals surface area contributed by atoms with Gasteiger partial charge in [-0.2, -0.15) is 5.10 Å². The van der Waals surface area contributed by atoms with Crippen molar-refractivity contribution in [3.63, 3.8) is 0 Å². The molecule has 0 aliphatic heterocycles. The molecule has 2 aromatic heterocycles. The van der Waals surface area contributed by atoms with Gasteiger partial charge in [0, 0.05) is 10.9 Å². The predicted molar refractivity (Wildman–Crippen MR) is 88.4 cm³/mol. The van der Waals surface area contributed by atoms with E-state index in [4.69, 9.17) is 4.42 Å². The molecule has 0 saturated carbocycles. The number of rotatable bonds is 4. The van der Waals surface area contributed by atoms with Crippen molar-refractivity contribution < 1.29 is 9.21 Å². The molecule has 0 fully saturated rings. The van der Waals surface area contributed by atoms with Crippen LogP contribution in [-0.2, 0) is 6.54 Å². The second-order valence-corrected chi connectivity index (χ2v) is 5.38. The van der Waals surface area contributed by atoms with Gasteiger partial charge in [-0.1, -0.05) is 30.3 Å². The van der Waals surface area contributed by atoms with Gasteiger partial charge in [-0.15, -0.1) is 0 Å². The van der Waals surface area contributed by atoms with Crippen molar-refractivity contribution in [1.29, 1.82) is 0 Å². The van der Waals surface area contributed by atoms with Crippen LogP contribution in [0.3, 0.4) is 0 Å². The van der Waals surface area contributed by atoms with Gasteiger partial charge < -0.3 is 4.42 Å². The Labute approximate surface area is 133 Å². The van der Waals surface area contributed by atoms with Crippen LogP contribution < -0.4 is 0 Å². The minimum Gasteiger partial charge on any atom is -0.453 e. The Kier molecular flexibility index (Phi) is 3.27. The lowest BCUT2D eigenvalue weighted by Crippen LogP contribution is -2.00. The third-order valence-electron chi connectivity index (χ3n) is 3.84. The first-order valence-corrected chi connectivity index (χ1v) is 7.38. The molecule has 0 aliphatic rings. The Morgan fingerprint density at radius 3 is 2.70 bits per heavy atom. The van der Waals surface area contributed by atoms with Crippen molar-refractivity contribution in [3.8, 4) is 11.3 Å². The highest BCUT2D eigenvalue weighted by atomic mass is 16.3. The molecule has 0 radical (unpaired) electrons. The molecular weight excluding hydrogens is 288 g/mol. The summed E-state index contributed by atoms with van der Waals surface area (Å²) in [6, 6.07) is 19.8. The summed E-state index contributed by atoms with van der Waals surface area (Å²) in [5, 5.41) is 5.52. The Bertz CT molecular complexity index is 967. The number of fused-ring (bicyclic) bond motifs is 1. The van der Waals surface area contributed by atoms with Crippen molar-refractivity contribution in [2.75, 3.05) is 0 Å². The molecule has 2 aromatic carbocycles. The normalized spacial score (nSPS) is 11.0. The summed E-state index contributed by atoms with van der Waals surface area (Å²) >= 11 is 0. The average Bonchev–Trinajstić information content (AvgIpc) is 3.23. The average molecular weight is 302 g/mol. The third-order valence-corrected chi connectivity index (χ3v) is 3.84. The number of aldehydes is 1. The molecule has 0 aliphatic carbocycles. The number of aromatic nitrogens is 2. The van der Waals surface area contributed by atoms with Crippen molar-refractivity contribution in [3.05, 3.63) is 78.2 Å². The van der Waals surface area contributed by atoms with Gasteiger partial charge in [-0.25, -0.2) is 0 Å². The first-order valence-electron chi connectivity index (χ1n) is 7.38. The summed E-state index contributed by atoms with van der Waals surface area (Å²) in [6.07, 6.45) is 2.56. The molecule has 0 N–H and O–H groups in total. The quantitative estimate of drug-likeness (QED) is 0.532. The highest BCUT2D eigenvalue weighted by Crippen LogP contribution is 2.26. The molecule has 0 bridgehead atoms. The summed E-state index contributed by atoms with van der Waals surface area (Å²) < 4.78 is 7.45. The van der Waals surface area contributed by atoms with Crippen LogP contribution in [0.2, 0.25) is 0 Å². The topological polar surface area (TPSA) is 48.0 Å². The first kappa shape index (κ1) is 13.5. The van der Waals surface area contributed by atoms with E-state index in [0.29, 0.717) is 17.8 Å². The van der Waals surface area contributed by atoms with Crippen LogP contribution in [0.25, 0.3) is 22.2 Å². The van der Waals surface area contributed by atoms with E-state index in [1.54, 1.807) is 12.1 Å². The lowest BCUT2D eigenvalue weighted by molar-refractivity contribution is 0.110. The zero-order valence-corrected chi connectivity index (χ0v) is 12.3. The summed E-state index contributed by atoms with van der Waals surface area (Å²) in [5.74, 6) is 1.02. The monoisotopic (exact) mass is 302 g/mol. The van der Waals surface area contributed by atoms with Gasteiger partial charge in [0.25, 0.3) is 0 Å². The first-order chi connectivity index (χ1) is 11.3. The van der Waals surface area contributed by atoms with E-state index in [1.807, 2.05) is 47.3 Å². The fourth-order valence-electron chi connectivity index (χ4n) is 2.69. The maximum Gasteiger partial charge on any atom is 0.185 e. The Morgan fingerprint density at radius 1 is 1.04 bits per heavy atom. The molecule has 23 heavy (non-hydrogen) atoms. The number of carbonyl (C=O) groups excluding carboxylic acids is 1. The van der Waals surface area contributed by atoms with Gasteiger partial charge in [0.2, 0.25) is 0 Å². The minimum absolute atomic E-state index is 0.333. The van der Waals surface area contributed by atoms with Crippen LogP contribution in [0.1, 0.15) is 16.1 Å². The van der Waals surface area contributed by atoms with Gasteiger partial charge in [-0.3, -0.25) is 9.48 Å². The highest BCUT2D eigenvalue weighted by molar-refractivity contribution is 5.84. The summed E-state index contributed by atoms with van der Waals surface area (Å²) in [6.45, 7) is 0.736. The lowest BCUT2D eigenvalue weighted by atomic mass is 10.1. The van der Waals surface area contributed by atoms with Crippen LogP contribution in [0.4, 0.5) is 0 Å². The molecule has 4 rings (SSSR count). The van der Waals surface area contributed by atoms with Gasteiger partial charge in [0.15, 0.2) is 12.0 Å². The second-order valence-electron chi connectivity index (χ2n) is 5.38. The largest absolute Gasteiger partial charge is 0.453 e. The van der Waals surface area contributed by atoms with Crippen LogP contribution >= 0.6 is 0 Å². The van der Waals surface area contributed by atoms with Crippen LogP contribution in [0, 0.1) is 0 Å². The molecule has 0 saturated heterocycles. The van der Waals surface area contributed by atoms with Crippen molar-refractivity contribution >= 4 is 17.2 Å². The number of hydrogen-bond donors (Lipinski definition) is 0. The SMILES string of the molecule is O=Cc1ccc(-c2ccc3c(cnn3Cc3ccccc3)c2)o1.